The highest BCUT2D eigenvalue weighted by atomic mass is 16.5. The van der Waals surface area contributed by atoms with Gasteiger partial charge < -0.3 is 15.8 Å². The molecule has 1 heterocycles. The highest BCUT2D eigenvalue weighted by Crippen LogP contribution is 2.19. The molecule has 24 heavy (non-hydrogen) atoms. The zero-order chi connectivity index (χ0) is 16.8. The van der Waals surface area contributed by atoms with E-state index in [1.807, 2.05) is 42.5 Å². The summed E-state index contributed by atoms with van der Waals surface area (Å²) in [5, 5.41) is 3.03. The second-order valence-corrected chi connectivity index (χ2v) is 5.90. The molecule has 0 saturated carbocycles. The molecule has 126 valence electrons. The van der Waals surface area contributed by atoms with E-state index in [2.05, 4.69) is 16.3 Å². The van der Waals surface area contributed by atoms with Crippen molar-refractivity contribution < 1.29 is 9.53 Å². The number of nitrogens with zero attached hydrogens (tertiary/aromatic N) is 1. The predicted octanol–water partition coefficient (Wildman–Crippen LogP) is 2.23. The van der Waals surface area contributed by atoms with Crippen molar-refractivity contribution in [2.45, 2.75) is 13.1 Å². The van der Waals surface area contributed by atoms with E-state index in [0.29, 0.717) is 12.1 Å². The van der Waals surface area contributed by atoms with E-state index >= 15 is 0 Å². The topological polar surface area (TPSA) is 67.6 Å². The molecular weight excluding hydrogens is 302 g/mol. The average Bonchev–Trinajstić information content (AvgIpc) is 2.64. The van der Waals surface area contributed by atoms with Gasteiger partial charge in [0, 0.05) is 37.4 Å². The van der Waals surface area contributed by atoms with Crippen LogP contribution in [0.4, 0.5) is 5.69 Å². The van der Waals surface area contributed by atoms with E-state index in [1.165, 1.54) is 0 Å². The molecule has 0 unspecified atom stereocenters. The fraction of sp³-hybridized carbons (Fsp3) is 0.316. The van der Waals surface area contributed by atoms with Crippen molar-refractivity contribution in [3.05, 3.63) is 65.2 Å². The van der Waals surface area contributed by atoms with Crippen molar-refractivity contribution in [2.75, 3.05) is 31.6 Å². The summed E-state index contributed by atoms with van der Waals surface area (Å²) in [6.07, 6.45) is 0. The summed E-state index contributed by atoms with van der Waals surface area (Å²) >= 11 is 0. The number of carbonyl (C=O) groups is 1. The Hall–Kier alpha value is -2.21. The molecule has 1 amide bonds. The van der Waals surface area contributed by atoms with Crippen LogP contribution in [-0.4, -0.2) is 37.1 Å². The number of hydrogen-bond donors (Lipinski definition) is 2. The van der Waals surface area contributed by atoms with Crippen molar-refractivity contribution in [1.82, 2.24) is 4.90 Å². The lowest BCUT2D eigenvalue weighted by molar-refractivity contribution is 0.0342. The molecule has 0 aliphatic carbocycles. The van der Waals surface area contributed by atoms with E-state index < -0.39 is 0 Å². The fourth-order valence-corrected chi connectivity index (χ4v) is 2.77. The molecule has 1 aliphatic rings. The number of ether oxygens (including phenoxy) is 1. The van der Waals surface area contributed by atoms with E-state index in [0.717, 1.165) is 49.7 Å². The van der Waals surface area contributed by atoms with Crippen molar-refractivity contribution >= 4 is 11.6 Å². The van der Waals surface area contributed by atoms with Crippen LogP contribution < -0.4 is 11.1 Å². The molecular formula is C19H23N3O2. The van der Waals surface area contributed by atoms with Crippen LogP contribution in [0.5, 0.6) is 0 Å². The SMILES string of the molecule is NCc1ccc(C(=O)Nc2ccccc2CN2CCOCC2)cc1. The maximum atomic E-state index is 12.5. The third-order valence-corrected chi connectivity index (χ3v) is 4.22. The summed E-state index contributed by atoms with van der Waals surface area (Å²) in [5.41, 5.74) is 9.22. The third-order valence-electron chi connectivity index (χ3n) is 4.22. The van der Waals surface area contributed by atoms with Gasteiger partial charge in [-0.05, 0) is 29.3 Å². The summed E-state index contributed by atoms with van der Waals surface area (Å²) in [4.78, 5) is 14.8. The normalized spacial score (nSPS) is 15.2. The lowest BCUT2D eigenvalue weighted by atomic mass is 10.1. The van der Waals surface area contributed by atoms with Gasteiger partial charge in [-0.2, -0.15) is 0 Å². The summed E-state index contributed by atoms with van der Waals surface area (Å²) in [5.74, 6) is -0.104. The van der Waals surface area contributed by atoms with E-state index in [9.17, 15) is 4.79 Å². The van der Waals surface area contributed by atoms with Gasteiger partial charge in [-0.3, -0.25) is 9.69 Å². The number of benzene rings is 2. The smallest absolute Gasteiger partial charge is 0.255 e. The number of hydrogen-bond acceptors (Lipinski definition) is 4. The van der Waals surface area contributed by atoms with Gasteiger partial charge in [0.05, 0.1) is 13.2 Å². The summed E-state index contributed by atoms with van der Waals surface area (Å²) in [6, 6.07) is 15.3. The number of rotatable bonds is 5. The van der Waals surface area contributed by atoms with Crippen LogP contribution >= 0.6 is 0 Å². The minimum absolute atomic E-state index is 0.104. The largest absolute Gasteiger partial charge is 0.379 e. The molecule has 0 radical (unpaired) electrons. The molecule has 3 rings (SSSR count). The highest BCUT2D eigenvalue weighted by Gasteiger charge is 2.14. The average molecular weight is 325 g/mol. The molecule has 2 aromatic rings. The Labute approximate surface area is 142 Å². The number of anilines is 1. The molecule has 5 nitrogen and oxygen atoms in total. The minimum atomic E-state index is -0.104. The van der Waals surface area contributed by atoms with Crippen molar-refractivity contribution in [3.63, 3.8) is 0 Å². The molecule has 3 N–H and O–H groups in total. The van der Waals surface area contributed by atoms with Crippen LogP contribution in [-0.2, 0) is 17.8 Å². The Morgan fingerprint density at radius 2 is 1.79 bits per heavy atom. The Balaban J connectivity index is 1.70. The predicted molar refractivity (Wildman–Crippen MR) is 94.8 cm³/mol. The van der Waals surface area contributed by atoms with E-state index in [4.69, 9.17) is 10.5 Å². The molecule has 1 fully saturated rings. The van der Waals surface area contributed by atoms with Gasteiger partial charge in [-0.25, -0.2) is 0 Å². The zero-order valence-electron chi connectivity index (χ0n) is 13.7. The number of morpholine rings is 1. The monoisotopic (exact) mass is 325 g/mol. The highest BCUT2D eigenvalue weighted by molar-refractivity contribution is 6.04. The Bertz CT molecular complexity index is 679. The Morgan fingerprint density at radius 1 is 1.08 bits per heavy atom. The molecule has 2 aromatic carbocycles. The molecule has 0 aromatic heterocycles. The standard InChI is InChI=1S/C19H23N3O2/c20-13-15-5-7-16(8-6-15)19(23)21-18-4-2-1-3-17(18)14-22-9-11-24-12-10-22/h1-8H,9-14,20H2,(H,21,23). The molecule has 0 atom stereocenters. The van der Waals surface area contributed by atoms with Gasteiger partial charge >= 0.3 is 0 Å². The summed E-state index contributed by atoms with van der Waals surface area (Å²) in [6.45, 7) is 4.66. The number of nitrogens with one attached hydrogen (secondary N) is 1. The van der Waals surface area contributed by atoms with Gasteiger partial charge in [0.1, 0.15) is 0 Å². The molecule has 0 spiro atoms. The first-order valence-electron chi connectivity index (χ1n) is 8.24. The van der Waals surface area contributed by atoms with E-state index in [-0.39, 0.29) is 5.91 Å². The zero-order valence-corrected chi connectivity index (χ0v) is 13.7. The fourth-order valence-electron chi connectivity index (χ4n) is 2.77. The van der Waals surface area contributed by atoms with Crippen LogP contribution in [0.2, 0.25) is 0 Å². The molecule has 1 saturated heterocycles. The first kappa shape index (κ1) is 16.6. The maximum Gasteiger partial charge on any atom is 0.255 e. The van der Waals surface area contributed by atoms with Crippen LogP contribution in [0.3, 0.4) is 0 Å². The van der Waals surface area contributed by atoms with Gasteiger partial charge in [-0.1, -0.05) is 30.3 Å². The Kier molecular flexibility index (Phi) is 5.59. The van der Waals surface area contributed by atoms with Crippen LogP contribution in [0, 0.1) is 0 Å². The third kappa shape index (κ3) is 4.20. The Morgan fingerprint density at radius 3 is 2.50 bits per heavy atom. The van der Waals surface area contributed by atoms with Gasteiger partial charge in [0.25, 0.3) is 5.91 Å². The number of nitrogens with two attached hydrogens (primary N) is 1. The van der Waals surface area contributed by atoms with Crippen LogP contribution in [0.25, 0.3) is 0 Å². The summed E-state index contributed by atoms with van der Waals surface area (Å²) in [7, 11) is 0. The maximum absolute atomic E-state index is 12.5. The van der Waals surface area contributed by atoms with Gasteiger partial charge in [0.15, 0.2) is 0 Å². The van der Waals surface area contributed by atoms with Gasteiger partial charge in [0.2, 0.25) is 0 Å². The first-order chi connectivity index (χ1) is 11.8. The van der Waals surface area contributed by atoms with Crippen molar-refractivity contribution in [1.29, 1.82) is 0 Å². The quantitative estimate of drug-likeness (QED) is 0.884. The summed E-state index contributed by atoms with van der Waals surface area (Å²) < 4.78 is 5.39. The van der Waals surface area contributed by atoms with Crippen molar-refractivity contribution in [3.8, 4) is 0 Å². The number of amides is 1. The van der Waals surface area contributed by atoms with Crippen LogP contribution in [0.15, 0.2) is 48.5 Å². The first-order valence-corrected chi connectivity index (χ1v) is 8.24. The second kappa shape index (κ2) is 8.06. The lowest BCUT2D eigenvalue weighted by Gasteiger charge is -2.27. The van der Waals surface area contributed by atoms with Gasteiger partial charge in [-0.15, -0.1) is 0 Å². The molecule has 0 bridgehead atoms. The number of para-hydroxylation sites is 1. The molecule has 5 heteroatoms. The minimum Gasteiger partial charge on any atom is -0.379 e. The lowest BCUT2D eigenvalue weighted by Crippen LogP contribution is -2.35. The van der Waals surface area contributed by atoms with Crippen molar-refractivity contribution in [2.24, 2.45) is 5.73 Å². The number of carbonyl (C=O) groups excluding carboxylic acids is 1. The van der Waals surface area contributed by atoms with E-state index in [1.54, 1.807) is 0 Å². The molecule has 1 aliphatic heterocycles. The second-order valence-electron chi connectivity index (χ2n) is 5.90. The van der Waals surface area contributed by atoms with Crippen LogP contribution in [0.1, 0.15) is 21.5 Å².